The van der Waals surface area contributed by atoms with Gasteiger partial charge in [-0.15, -0.1) is 4.76 Å². The van der Waals surface area contributed by atoms with Crippen LogP contribution in [0.5, 0.6) is 0 Å². The fraction of sp³-hybridized carbons (Fsp3) is 0.556. The second-order valence-electron chi connectivity index (χ2n) is 12.4. The number of likely N-dealkylation sites (N-methyl/N-ethyl adjacent to an activating group) is 1. The minimum Gasteiger partial charge on any atom is -0.464 e. The Kier molecular flexibility index (Phi) is 19.7. The van der Waals surface area contributed by atoms with Crippen LogP contribution in [0.2, 0.25) is 0 Å². The zero-order valence-corrected chi connectivity index (χ0v) is 31.5. The lowest BCUT2D eigenvalue weighted by Gasteiger charge is -2.28. The van der Waals surface area contributed by atoms with Gasteiger partial charge in [0.15, 0.2) is 0 Å². The molecule has 2 rings (SSSR count). The predicted octanol–water partition coefficient (Wildman–Crippen LogP) is 7.25. The normalized spacial score (nSPS) is 13.9. The van der Waals surface area contributed by atoms with Gasteiger partial charge in [0.2, 0.25) is 18.5 Å². The molecule has 0 heterocycles. The van der Waals surface area contributed by atoms with Gasteiger partial charge in [-0.3, -0.25) is 4.79 Å². The Morgan fingerprint density at radius 1 is 0.725 bits per heavy atom. The molecule has 0 aromatic heterocycles. The third-order valence-electron chi connectivity index (χ3n) is 7.08. The Labute approximate surface area is 301 Å². The SMILES string of the molecule is CCCCOC(=O)CN(C)C(N)=NP(=O)(OC(OC(=O)OCCCc1ccccc1)C(C)C)OC(OC(=O)OCCCc1ccccc1)C(C)C. The molecule has 0 saturated carbocycles. The van der Waals surface area contributed by atoms with E-state index < -0.39 is 56.4 Å². The van der Waals surface area contributed by atoms with Crippen LogP contribution in [0.4, 0.5) is 9.59 Å². The average Bonchev–Trinajstić information content (AvgIpc) is 3.09. The van der Waals surface area contributed by atoms with Gasteiger partial charge in [-0.1, -0.05) is 102 Å². The molecule has 0 amide bonds. The lowest BCUT2D eigenvalue weighted by atomic mass is 10.1. The van der Waals surface area contributed by atoms with Crippen LogP contribution >= 0.6 is 7.75 Å². The number of guanidine groups is 1. The quantitative estimate of drug-likeness (QED) is 0.0244. The molecule has 2 unspecified atom stereocenters. The zero-order chi connectivity index (χ0) is 37.6. The molecule has 2 N–H and O–H groups in total. The first-order valence-corrected chi connectivity index (χ1v) is 18.7. The van der Waals surface area contributed by atoms with E-state index in [0.29, 0.717) is 32.1 Å². The van der Waals surface area contributed by atoms with Crippen molar-refractivity contribution in [2.24, 2.45) is 22.3 Å². The number of hydrogen-bond acceptors (Lipinski definition) is 11. The van der Waals surface area contributed by atoms with Crippen molar-refractivity contribution < 1.29 is 51.7 Å². The van der Waals surface area contributed by atoms with Crippen LogP contribution in [0.15, 0.2) is 65.4 Å². The van der Waals surface area contributed by atoms with E-state index in [9.17, 15) is 18.9 Å². The van der Waals surface area contributed by atoms with Gasteiger partial charge in [0.1, 0.15) is 6.54 Å². The molecule has 0 spiro atoms. The Morgan fingerprint density at radius 3 is 1.57 bits per heavy atom. The third kappa shape index (κ3) is 18.1. The van der Waals surface area contributed by atoms with E-state index in [4.69, 9.17) is 38.5 Å². The summed E-state index contributed by atoms with van der Waals surface area (Å²) in [4.78, 5) is 38.8. The van der Waals surface area contributed by atoms with Gasteiger partial charge in [-0.25, -0.2) is 23.2 Å². The molecule has 2 aromatic rings. The van der Waals surface area contributed by atoms with Crippen LogP contribution in [0.1, 0.15) is 71.4 Å². The van der Waals surface area contributed by atoms with Crippen molar-refractivity contribution in [2.45, 2.75) is 85.7 Å². The molecule has 0 aliphatic heterocycles. The van der Waals surface area contributed by atoms with Crippen LogP contribution in [0.25, 0.3) is 0 Å². The number of aryl methyl sites for hydroxylation is 2. The summed E-state index contributed by atoms with van der Waals surface area (Å²) in [6.07, 6.45) is -1.13. The van der Waals surface area contributed by atoms with Crippen molar-refractivity contribution in [2.75, 3.05) is 33.4 Å². The number of carbonyl (C=O) groups is 3. The summed E-state index contributed by atoms with van der Waals surface area (Å²) in [6.45, 7) is 8.58. The second kappa shape index (κ2) is 23.4. The molecule has 0 radical (unpaired) electrons. The largest absolute Gasteiger partial charge is 0.510 e. The molecule has 14 nitrogen and oxygen atoms in total. The van der Waals surface area contributed by atoms with Crippen LogP contribution in [0, 0.1) is 11.8 Å². The van der Waals surface area contributed by atoms with Gasteiger partial charge in [0.05, 0.1) is 19.8 Å². The Balaban J connectivity index is 2.16. The standard InChI is InChI=1S/C36H54N3O11P/c1-7-8-23-44-31(40)26-39(6)34(37)38-51(43,49-32(27(2)3)47-35(41)45-24-15-21-29-17-11-9-12-18-29)50-33(28(4)5)48-36(42)46-25-16-22-30-19-13-10-14-20-30/h9-14,17-20,27-28,32-33H,7-8,15-16,21-26H2,1-6H3,(H2,37,38,43). The first kappa shape index (κ1) is 43.0. The fourth-order valence-corrected chi connectivity index (χ4v) is 5.80. The highest BCUT2D eigenvalue weighted by atomic mass is 31.2. The number of carbonyl (C=O) groups excluding carboxylic acids is 3. The summed E-state index contributed by atoms with van der Waals surface area (Å²) in [5.74, 6) is -2.15. The number of ether oxygens (including phenoxy) is 5. The van der Waals surface area contributed by atoms with Gasteiger partial charge in [0, 0.05) is 18.9 Å². The maximum Gasteiger partial charge on any atom is 0.510 e. The van der Waals surface area contributed by atoms with Gasteiger partial charge in [-0.05, 0) is 43.2 Å². The van der Waals surface area contributed by atoms with E-state index in [1.807, 2.05) is 67.6 Å². The molecule has 284 valence electrons. The number of esters is 1. The van der Waals surface area contributed by atoms with Crippen LogP contribution in [0.3, 0.4) is 0 Å². The topological polar surface area (TPSA) is 175 Å². The van der Waals surface area contributed by atoms with Crippen molar-refractivity contribution in [3.63, 3.8) is 0 Å². The van der Waals surface area contributed by atoms with Crippen molar-refractivity contribution in [1.82, 2.24) is 4.90 Å². The highest BCUT2D eigenvalue weighted by Gasteiger charge is 2.39. The minimum absolute atomic E-state index is 0.0632. The zero-order valence-electron chi connectivity index (χ0n) is 30.6. The first-order valence-electron chi connectivity index (χ1n) is 17.3. The Bertz CT molecular complexity index is 1310. The molecule has 0 fully saturated rings. The van der Waals surface area contributed by atoms with Gasteiger partial charge >= 0.3 is 26.0 Å². The number of nitrogens with zero attached hydrogens (tertiary/aromatic N) is 2. The number of unbranched alkanes of at least 4 members (excludes halogenated alkanes) is 1. The smallest absolute Gasteiger partial charge is 0.464 e. The minimum atomic E-state index is -4.77. The summed E-state index contributed by atoms with van der Waals surface area (Å²) < 4.78 is 56.2. The van der Waals surface area contributed by atoms with E-state index in [0.717, 1.165) is 17.5 Å². The molecule has 0 aliphatic carbocycles. The van der Waals surface area contributed by atoms with Crippen molar-refractivity contribution >= 4 is 32.0 Å². The van der Waals surface area contributed by atoms with Gasteiger partial charge in [-0.2, -0.15) is 0 Å². The number of hydrogen-bond donors (Lipinski definition) is 1. The van der Waals surface area contributed by atoms with E-state index in [1.54, 1.807) is 27.7 Å². The third-order valence-corrected chi connectivity index (χ3v) is 8.47. The summed E-state index contributed by atoms with van der Waals surface area (Å²) in [5.41, 5.74) is 8.31. The second-order valence-corrected chi connectivity index (χ2v) is 14.0. The number of benzene rings is 2. The molecule has 2 atom stereocenters. The van der Waals surface area contributed by atoms with E-state index >= 15 is 0 Å². The van der Waals surface area contributed by atoms with E-state index in [2.05, 4.69) is 4.76 Å². The maximum absolute atomic E-state index is 14.3. The summed E-state index contributed by atoms with van der Waals surface area (Å²) in [5, 5.41) is 0. The maximum atomic E-state index is 14.3. The Morgan fingerprint density at radius 2 is 1.16 bits per heavy atom. The number of rotatable bonds is 22. The molecule has 2 aromatic carbocycles. The molecule has 0 aliphatic rings. The monoisotopic (exact) mass is 735 g/mol. The summed E-state index contributed by atoms with van der Waals surface area (Å²) >= 11 is 0. The van der Waals surface area contributed by atoms with Crippen LogP contribution in [-0.4, -0.2) is 75.1 Å². The molecular weight excluding hydrogens is 681 g/mol. The fourth-order valence-electron chi connectivity index (χ4n) is 4.16. The molecular formula is C36H54N3O11P. The molecule has 15 heteroatoms. The lowest BCUT2D eigenvalue weighted by Crippen LogP contribution is -2.38. The Hall–Kier alpha value is -4.13. The van der Waals surface area contributed by atoms with Gasteiger partial charge in [0.25, 0.3) is 0 Å². The molecule has 0 bridgehead atoms. The first-order chi connectivity index (χ1) is 24.3. The molecule has 0 saturated heterocycles. The van der Waals surface area contributed by atoms with Crippen LogP contribution in [-0.2, 0) is 54.9 Å². The van der Waals surface area contributed by atoms with Crippen molar-refractivity contribution in [3.8, 4) is 0 Å². The molecule has 51 heavy (non-hydrogen) atoms. The van der Waals surface area contributed by atoms with Crippen LogP contribution < -0.4 is 5.73 Å². The van der Waals surface area contributed by atoms with E-state index in [-0.39, 0.29) is 26.4 Å². The van der Waals surface area contributed by atoms with Crippen molar-refractivity contribution in [3.05, 3.63) is 71.8 Å². The van der Waals surface area contributed by atoms with E-state index in [1.165, 1.54) is 11.9 Å². The number of nitrogens with two attached hydrogens (primary N) is 1. The average molecular weight is 736 g/mol. The summed E-state index contributed by atoms with van der Waals surface area (Å²) in [6, 6.07) is 19.4. The highest BCUT2D eigenvalue weighted by Crippen LogP contribution is 2.54. The van der Waals surface area contributed by atoms with Crippen molar-refractivity contribution in [1.29, 1.82) is 0 Å². The highest BCUT2D eigenvalue weighted by molar-refractivity contribution is 7.52. The summed E-state index contributed by atoms with van der Waals surface area (Å²) in [7, 11) is -3.34. The lowest BCUT2D eigenvalue weighted by molar-refractivity contribution is -0.144. The van der Waals surface area contributed by atoms with Gasteiger partial charge < -0.3 is 34.3 Å². The predicted molar refractivity (Wildman–Crippen MR) is 192 cm³/mol.